The molecule has 0 aliphatic rings. The van der Waals surface area contributed by atoms with E-state index >= 15 is 0 Å². The number of aryl methyl sites for hydroxylation is 5. The number of hydrogen-bond donors (Lipinski definition) is 1. The van der Waals surface area contributed by atoms with Gasteiger partial charge in [-0.3, -0.25) is 4.79 Å². The smallest absolute Gasteiger partial charge is 0.340 e. The van der Waals surface area contributed by atoms with Gasteiger partial charge in [0.1, 0.15) is 0 Å². The van der Waals surface area contributed by atoms with E-state index in [1.165, 1.54) is 5.56 Å². The molecule has 0 radical (unpaired) electrons. The SMILES string of the molecule is Cc1ccc(-n2c(C)cc(C(=O)O[C@H](C)C(=O)Nc3c(C)cc(C)cc3C)c2C)cc1. The molecule has 5 heteroatoms. The molecule has 3 rings (SSSR count). The molecule has 0 saturated heterocycles. The lowest BCUT2D eigenvalue weighted by Gasteiger charge is -2.17. The molecule has 0 saturated carbocycles. The molecule has 0 aliphatic carbocycles. The Balaban J connectivity index is 1.76. The quantitative estimate of drug-likeness (QED) is 0.556. The minimum Gasteiger partial charge on any atom is -0.449 e. The van der Waals surface area contributed by atoms with Crippen LogP contribution in [0.4, 0.5) is 5.69 Å². The molecule has 0 unspecified atom stereocenters. The van der Waals surface area contributed by atoms with E-state index in [1.54, 1.807) is 13.0 Å². The lowest BCUT2D eigenvalue weighted by molar-refractivity contribution is -0.123. The summed E-state index contributed by atoms with van der Waals surface area (Å²) in [5.74, 6) is -0.859. The molecule has 1 amide bonds. The van der Waals surface area contributed by atoms with Crippen LogP contribution in [0.15, 0.2) is 42.5 Å². The Morgan fingerprint density at radius 3 is 2.03 bits per heavy atom. The van der Waals surface area contributed by atoms with E-state index in [1.807, 2.05) is 82.5 Å². The number of aromatic nitrogens is 1. The Kier molecular flexibility index (Phi) is 6.34. The summed E-state index contributed by atoms with van der Waals surface area (Å²) in [6, 6.07) is 13.9. The highest BCUT2D eigenvalue weighted by Crippen LogP contribution is 2.24. The summed E-state index contributed by atoms with van der Waals surface area (Å²) < 4.78 is 7.53. The van der Waals surface area contributed by atoms with Crippen LogP contribution in [0.3, 0.4) is 0 Å². The predicted molar refractivity (Wildman–Crippen MR) is 124 cm³/mol. The maximum absolute atomic E-state index is 12.8. The highest BCUT2D eigenvalue weighted by Gasteiger charge is 2.23. The van der Waals surface area contributed by atoms with Crippen molar-refractivity contribution in [1.82, 2.24) is 4.57 Å². The molecule has 0 spiro atoms. The number of rotatable bonds is 5. The number of nitrogens with one attached hydrogen (secondary N) is 1. The van der Waals surface area contributed by atoms with Gasteiger partial charge in [-0.2, -0.15) is 0 Å². The molecular weight excluding hydrogens is 388 g/mol. The number of anilines is 1. The molecule has 1 atom stereocenters. The fourth-order valence-electron chi connectivity index (χ4n) is 3.94. The van der Waals surface area contributed by atoms with Gasteiger partial charge in [0.15, 0.2) is 6.10 Å². The van der Waals surface area contributed by atoms with Crippen LogP contribution in [0.25, 0.3) is 5.69 Å². The molecule has 1 aromatic heterocycles. The van der Waals surface area contributed by atoms with Gasteiger partial charge < -0.3 is 14.6 Å². The fraction of sp³-hybridized carbons (Fsp3) is 0.308. The van der Waals surface area contributed by atoms with Crippen molar-refractivity contribution in [2.24, 2.45) is 0 Å². The highest BCUT2D eigenvalue weighted by atomic mass is 16.5. The first kappa shape index (κ1) is 22.3. The van der Waals surface area contributed by atoms with Crippen molar-refractivity contribution >= 4 is 17.6 Å². The van der Waals surface area contributed by atoms with Crippen molar-refractivity contribution in [3.05, 3.63) is 81.7 Å². The van der Waals surface area contributed by atoms with Crippen LogP contribution >= 0.6 is 0 Å². The molecular formula is C26H30N2O3. The summed E-state index contributed by atoms with van der Waals surface area (Å²) in [5, 5.41) is 2.90. The summed E-state index contributed by atoms with van der Waals surface area (Å²) in [7, 11) is 0. The number of benzene rings is 2. The number of hydrogen-bond acceptors (Lipinski definition) is 3. The first-order chi connectivity index (χ1) is 14.6. The van der Waals surface area contributed by atoms with Gasteiger partial charge in [0.05, 0.1) is 5.56 Å². The number of esters is 1. The third-order valence-electron chi connectivity index (χ3n) is 5.52. The van der Waals surface area contributed by atoms with E-state index in [0.29, 0.717) is 5.56 Å². The van der Waals surface area contributed by atoms with Gasteiger partial charge in [0, 0.05) is 22.8 Å². The minimum absolute atomic E-state index is 0.351. The van der Waals surface area contributed by atoms with E-state index in [4.69, 9.17) is 4.74 Å². The van der Waals surface area contributed by atoms with Crippen LogP contribution in [0.1, 0.15) is 50.9 Å². The maximum atomic E-state index is 12.8. The monoisotopic (exact) mass is 418 g/mol. The number of carbonyl (C=O) groups excluding carboxylic acids is 2. The van der Waals surface area contributed by atoms with Gasteiger partial charge in [-0.05, 0) is 77.8 Å². The second-order valence-corrected chi connectivity index (χ2v) is 8.27. The second-order valence-electron chi connectivity index (χ2n) is 8.27. The largest absolute Gasteiger partial charge is 0.449 e. The van der Waals surface area contributed by atoms with Crippen LogP contribution in [0, 0.1) is 41.5 Å². The first-order valence-electron chi connectivity index (χ1n) is 10.4. The van der Waals surface area contributed by atoms with E-state index < -0.39 is 12.1 Å². The minimum atomic E-state index is -0.921. The molecule has 3 aromatic rings. The molecule has 2 aromatic carbocycles. The number of amides is 1. The topological polar surface area (TPSA) is 60.3 Å². The van der Waals surface area contributed by atoms with Gasteiger partial charge in [0.25, 0.3) is 5.91 Å². The van der Waals surface area contributed by atoms with Gasteiger partial charge in [-0.25, -0.2) is 4.79 Å². The molecule has 31 heavy (non-hydrogen) atoms. The van der Waals surface area contributed by atoms with Crippen LogP contribution < -0.4 is 5.32 Å². The molecule has 0 fully saturated rings. The van der Waals surface area contributed by atoms with Crippen LogP contribution in [0.2, 0.25) is 0 Å². The Hall–Kier alpha value is -3.34. The standard InChI is InChI=1S/C26H30N2O3/c1-15-8-10-22(11-9-15)28-19(5)14-23(20(28)6)26(30)31-21(7)25(29)27-24-17(3)12-16(2)13-18(24)4/h8-14,21H,1-7H3,(H,27,29)/t21-/m1/s1. The third-order valence-corrected chi connectivity index (χ3v) is 5.52. The zero-order chi connectivity index (χ0) is 22.9. The van der Waals surface area contributed by atoms with Crippen molar-refractivity contribution < 1.29 is 14.3 Å². The summed E-state index contributed by atoms with van der Waals surface area (Å²) in [5.41, 5.74) is 8.17. The highest BCUT2D eigenvalue weighted by molar-refractivity contribution is 5.98. The van der Waals surface area contributed by atoms with Gasteiger partial charge in [-0.1, -0.05) is 35.4 Å². The summed E-state index contributed by atoms with van der Waals surface area (Å²) >= 11 is 0. The number of carbonyl (C=O) groups is 2. The first-order valence-corrected chi connectivity index (χ1v) is 10.4. The van der Waals surface area contributed by atoms with Crippen molar-refractivity contribution in [1.29, 1.82) is 0 Å². The van der Waals surface area contributed by atoms with Crippen molar-refractivity contribution in [3.63, 3.8) is 0 Å². The Bertz CT molecular complexity index is 1120. The number of nitrogens with zero attached hydrogens (tertiary/aromatic N) is 1. The molecule has 5 nitrogen and oxygen atoms in total. The van der Waals surface area contributed by atoms with E-state index in [0.717, 1.165) is 39.5 Å². The van der Waals surface area contributed by atoms with Gasteiger partial charge in [0.2, 0.25) is 0 Å². The number of ether oxygens (including phenoxy) is 1. The predicted octanol–water partition coefficient (Wildman–Crippen LogP) is 5.51. The van der Waals surface area contributed by atoms with E-state index in [9.17, 15) is 9.59 Å². The van der Waals surface area contributed by atoms with Crippen molar-refractivity contribution in [2.75, 3.05) is 5.32 Å². The average Bonchev–Trinajstić information content (AvgIpc) is 2.99. The Morgan fingerprint density at radius 1 is 0.871 bits per heavy atom. The van der Waals surface area contributed by atoms with Crippen LogP contribution in [-0.2, 0) is 9.53 Å². The van der Waals surface area contributed by atoms with Gasteiger partial charge in [-0.15, -0.1) is 0 Å². The average molecular weight is 419 g/mol. The maximum Gasteiger partial charge on any atom is 0.340 e. The molecule has 1 N–H and O–H groups in total. The zero-order valence-electron chi connectivity index (χ0n) is 19.3. The molecule has 0 bridgehead atoms. The molecule has 1 heterocycles. The lowest BCUT2D eigenvalue weighted by atomic mass is 10.0. The summed E-state index contributed by atoms with van der Waals surface area (Å²) in [6.45, 7) is 13.4. The van der Waals surface area contributed by atoms with E-state index in [2.05, 4.69) is 5.32 Å². The normalized spacial score (nSPS) is 11.8. The lowest BCUT2D eigenvalue weighted by Crippen LogP contribution is -2.30. The van der Waals surface area contributed by atoms with Crippen molar-refractivity contribution in [3.8, 4) is 5.69 Å². The van der Waals surface area contributed by atoms with Crippen molar-refractivity contribution in [2.45, 2.75) is 54.6 Å². The summed E-state index contributed by atoms with van der Waals surface area (Å²) in [6.07, 6.45) is -0.921. The Morgan fingerprint density at radius 2 is 1.45 bits per heavy atom. The summed E-state index contributed by atoms with van der Waals surface area (Å²) in [4.78, 5) is 25.5. The second kappa shape index (κ2) is 8.80. The Labute approximate surface area is 184 Å². The van der Waals surface area contributed by atoms with E-state index in [-0.39, 0.29) is 5.91 Å². The molecule has 0 aliphatic heterocycles. The van der Waals surface area contributed by atoms with Gasteiger partial charge >= 0.3 is 5.97 Å². The zero-order valence-corrected chi connectivity index (χ0v) is 19.3. The fourth-order valence-corrected chi connectivity index (χ4v) is 3.94. The molecule has 162 valence electrons. The van der Waals surface area contributed by atoms with Crippen LogP contribution in [-0.4, -0.2) is 22.5 Å². The third kappa shape index (κ3) is 4.71. The van der Waals surface area contributed by atoms with Crippen LogP contribution in [0.5, 0.6) is 0 Å².